The molecule has 0 amide bonds. The predicted molar refractivity (Wildman–Crippen MR) is 45.8 cm³/mol. The maximum absolute atomic E-state index is 5.19. The third kappa shape index (κ3) is 6.15. The zero-order valence-corrected chi connectivity index (χ0v) is 7.43. The Morgan fingerprint density at radius 3 is 2.78 bits per heavy atom. The first-order valence-corrected chi connectivity index (χ1v) is 5.11. The zero-order chi connectivity index (χ0) is 7.11. The summed E-state index contributed by atoms with van der Waals surface area (Å²) in [6.45, 7) is 4.79. The molecular formula is C6H12OS2. The number of allylic oxidation sites excluding steroid dienone is 1. The van der Waals surface area contributed by atoms with Crippen LogP contribution in [-0.4, -0.2) is 6.61 Å². The highest BCUT2D eigenvalue weighted by Crippen LogP contribution is 1.90. The van der Waals surface area contributed by atoms with E-state index < -0.39 is 0 Å². The Hall–Kier alpha value is 0.270. The van der Waals surface area contributed by atoms with Crippen LogP contribution in [0.15, 0.2) is 11.5 Å². The van der Waals surface area contributed by atoms with Crippen LogP contribution in [0.5, 0.6) is 0 Å². The van der Waals surface area contributed by atoms with E-state index in [2.05, 4.69) is 6.92 Å². The van der Waals surface area contributed by atoms with Gasteiger partial charge in [-0.2, -0.15) is 0 Å². The topological polar surface area (TPSA) is 9.23 Å². The van der Waals surface area contributed by atoms with Gasteiger partial charge in [-0.1, -0.05) is 13.0 Å². The SMILES string of the molecule is C/C=C/S(=S)OCCC. The number of hydrogen-bond donors (Lipinski definition) is 0. The summed E-state index contributed by atoms with van der Waals surface area (Å²) in [5.41, 5.74) is 0. The van der Waals surface area contributed by atoms with Crippen molar-refractivity contribution in [1.29, 1.82) is 0 Å². The van der Waals surface area contributed by atoms with Crippen molar-refractivity contribution in [3.05, 3.63) is 11.5 Å². The van der Waals surface area contributed by atoms with Crippen molar-refractivity contribution in [2.75, 3.05) is 6.61 Å². The summed E-state index contributed by atoms with van der Waals surface area (Å²) in [5, 5.41) is 1.89. The van der Waals surface area contributed by atoms with Crippen LogP contribution in [0.4, 0.5) is 0 Å². The maximum atomic E-state index is 5.19. The van der Waals surface area contributed by atoms with Gasteiger partial charge < -0.3 is 4.18 Å². The summed E-state index contributed by atoms with van der Waals surface area (Å²) in [6.07, 6.45) is 2.96. The fourth-order valence-electron chi connectivity index (χ4n) is 0.316. The Kier molecular flexibility index (Phi) is 6.58. The van der Waals surface area contributed by atoms with Gasteiger partial charge in [0, 0.05) is 9.74 Å². The predicted octanol–water partition coefficient (Wildman–Crippen LogP) is 1.94. The van der Waals surface area contributed by atoms with E-state index in [1.54, 1.807) is 0 Å². The highest BCUT2D eigenvalue weighted by Gasteiger charge is 1.84. The van der Waals surface area contributed by atoms with Gasteiger partial charge in [-0.3, -0.25) is 0 Å². The third-order valence-corrected chi connectivity index (χ3v) is 2.17. The van der Waals surface area contributed by atoms with E-state index in [0.717, 1.165) is 13.0 Å². The molecule has 0 radical (unpaired) electrons. The first-order valence-electron chi connectivity index (χ1n) is 2.98. The molecule has 0 spiro atoms. The van der Waals surface area contributed by atoms with Gasteiger partial charge in [-0.05, 0) is 29.9 Å². The standard InChI is InChI=1S/C6H12OS2/c1-3-5-7-9(8)6-4-2/h4,6H,3,5H2,1-2H3/b6-4+. The van der Waals surface area contributed by atoms with Crippen molar-refractivity contribution in [2.24, 2.45) is 0 Å². The van der Waals surface area contributed by atoms with Crippen molar-refractivity contribution >= 4 is 20.9 Å². The van der Waals surface area contributed by atoms with E-state index in [9.17, 15) is 0 Å². The van der Waals surface area contributed by atoms with Gasteiger partial charge in [0.1, 0.15) is 0 Å². The highest BCUT2D eigenvalue weighted by molar-refractivity contribution is 8.27. The molecule has 0 aromatic carbocycles. The van der Waals surface area contributed by atoms with Crippen molar-refractivity contribution < 1.29 is 4.18 Å². The van der Waals surface area contributed by atoms with Gasteiger partial charge in [-0.25, -0.2) is 0 Å². The summed E-state index contributed by atoms with van der Waals surface area (Å²) in [5.74, 6) is 0. The maximum Gasteiger partial charge on any atom is 0.0618 e. The van der Waals surface area contributed by atoms with Crippen LogP contribution in [0.3, 0.4) is 0 Å². The monoisotopic (exact) mass is 164 g/mol. The molecular weight excluding hydrogens is 152 g/mol. The van der Waals surface area contributed by atoms with Gasteiger partial charge in [0.05, 0.1) is 6.61 Å². The molecule has 0 fully saturated rings. The summed E-state index contributed by atoms with van der Waals surface area (Å²) in [4.78, 5) is 0. The van der Waals surface area contributed by atoms with Crippen molar-refractivity contribution in [3.63, 3.8) is 0 Å². The second-order valence-corrected chi connectivity index (χ2v) is 3.57. The minimum Gasteiger partial charge on any atom is -0.308 e. The summed E-state index contributed by atoms with van der Waals surface area (Å²) in [7, 11) is -0.367. The average Bonchev–Trinajstić information content (AvgIpc) is 1.85. The largest absolute Gasteiger partial charge is 0.308 e. The molecule has 0 aromatic rings. The molecule has 54 valence electrons. The smallest absolute Gasteiger partial charge is 0.0618 e. The fourth-order valence-corrected chi connectivity index (χ4v) is 1.49. The molecule has 3 heteroatoms. The molecule has 0 N–H and O–H groups in total. The molecule has 0 saturated carbocycles. The van der Waals surface area contributed by atoms with Gasteiger partial charge in [-0.15, -0.1) is 0 Å². The molecule has 0 bridgehead atoms. The summed E-state index contributed by atoms with van der Waals surface area (Å²) >= 11 is 4.92. The molecule has 0 saturated heterocycles. The second kappa shape index (κ2) is 6.39. The molecule has 0 aliphatic heterocycles. The zero-order valence-electron chi connectivity index (χ0n) is 5.79. The summed E-state index contributed by atoms with van der Waals surface area (Å²) < 4.78 is 5.19. The van der Waals surface area contributed by atoms with E-state index in [0.29, 0.717) is 0 Å². The molecule has 0 rings (SSSR count). The minimum absolute atomic E-state index is 0.367. The normalized spacial score (nSPS) is 14.4. The third-order valence-electron chi connectivity index (χ3n) is 0.651. The first kappa shape index (κ1) is 9.27. The number of hydrogen-bond acceptors (Lipinski definition) is 2. The molecule has 0 heterocycles. The van der Waals surface area contributed by atoms with Crippen LogP contribution >= 0.6 is 0 Å². The minimum atomic E-state index is -0.367. The Bertz CT molecular complexity index is 110. The van der Waals surface area contributed by atoms with E-state index >= 15 is 0 Å². The van der Waals surface area contributed by atoms with E-state index in [-0.39, 0.29) is 9.74 Å². The molecule has 0 aliphatic rings. The van der Waals surface area contributed by atoms with Crippen LogP contribution in [0.1, 0.15) is 20.3 Å². The molecule has 9 heavy (non-hydrogen) atoms. The lowest BCUT2D eigenvalue weighted by Crippen LogP contribution is -1.92. The molecule has 0 aromatic heterocycles. The van der Waals surface area contributed by atoms with Gasteiger partial charge in [0.15, 0.2) is 0 Å². The Morgan fingerprint density at radius 2 is 2.33 bits per heavy atom. The molecule has 1 unspecified atom stereocenters. The van der Waals surface area contributed by atoms with Crippen molar-refractivity contribution in [1.82, 2.24) is 0 Å². The van der Waals surface area contributed by atoms with E-state index in [1.165, 1.54) is 0 Å². The average molecular weight is 164 g/mol. The van der Waals surface area contributed by atoms with Crippen LogP contribution < -0.4 is 0 Å². The Morgan fingerprint density at radius 1 is 1.67 bits per heavy atom. The Labute approximate surface area is 63.9 Å². The second-order valence-electron chi connectivity index (χ2n) is 1.55. The van der Waals surface area contributed by atoms with Crippen molar-refractivity contribution in [2.45, 2.75) is 20.3 Å². The van der Waals surface area contributed by atoms with Crippen molar-refractivity contribution in [3.8, 4) is 0 Å². The van der Waals surface area contributed by atoms with E-state index in [1.807, 2.05) is 18.4 Å². The van der Waals surface area contributed by atoms with Crippen LogP contribution in [0.2, 0.25) is 0 Å². The molecule has 1 atom stereocenters. The lowest BCUT2D eigenvalue weighted by Gasteiger charge is -1.96. The van der Waals surface area contributed by atoms with Gasteiger partial charge >= 0.3 is 0 Å². The van der Waals surface area contributed by atoms with Crippen LogP contribution in [0.25, 0.3) is 0 Å². The fraction of sp³-hybridized carbons (Fsp3) is 0.667. The lowest BCUT2D eigenvalue weighted by atomic mass is 10.5. The Balaban J connectivity index is 3.27. The van der Waals surface area contributed by atoms with Gasteiger partial charge in [0.2, 0.25) is 0 Å². The van der Waals surface area contributed by atoms with Gasteiger partial charge in [0.25, 0.3) is 0 Å². The quantitative estimate of drug-likeness (QED) is 0.628. The summed E-state index contributed by atoms with van der Waals surface area (Å²) in [6, 6.07) is 0. The molecule has 1 nitrogen and oxygen atoms in total. The van der Waals surface area contributed by atoms with Crippen LogP contribution in [0, 0.1) is 0 Å². The molecule has 0 aliphatic carbocycles. The first-order chi connectivity index (χ1) is 4.31. The van der Waals surface area contributed by atoms with Crippen LogP contribution in [-0.2, 0) is 25.1 Å². The number of rotatable bonds is 4. The highest BCUT2D eigenvalue weighted by atomic mass is 32.8. The van der Waals surface area contributed by atoms with E-state index in [4.69, 9.17) is 15.4 Å². The lowest BCUT2D eigenvalue weighted by molar-refractivity contribution is 0.372.